The molecule has 0 spiro atoms. The van der Waals surface area contributed by atoms with Crippen LogP contribution in [-0.4, -0.2) is 31.6 Å². The maximum atomic E-state index is 13.2. The molecule has 6 nitrogen and oxygen atoms in total. The van der Waals surface area contributed by atoms with Gasteiger partial charge in [0.15, 0.2) is 0 Å². The molecule has 144 valence electrons. The topological polar surface area (TPSA) is 69.0 Å². The summed E-state index contributed by atoms with van der Waals surface area (Å²) < 4.78 is 16.1. The standard InChI is InChI=1S/C22H21NO5/c1-26-15-9-10-16(20(13-15)27-2)18-7-5-11-23(18)21(24)17-12-14-6-3-4-8-19(14)28-22(17)25/h3-4,6,8-10,12-13,18H,5,7,11H2,1-2H3. The molecule has 4 rings (SSSR count). The minimum atomic E-state index is -0.615. The molecule has 6 heteroatoms. The summed E-state index contributed by atoms with van der Waals surface area (Å²) in [5.41, 5.74) is 0.812. The van der Waals surface area contributed by atoms with Crippen LogP contribution < -0.4 is 15.1 Å². The fourth-order valence-corrected chi connectivity index (χ4v) is 3.79. The summed E-state index contributed by atoms with van der Waals surface area (Å²) in [7, 11) is 3.19. The van der Waals surface area contributed by atoms with Crippen molar-refractivity contribution in [2.75, 3.05) is 20.8 Å². The number of benzene rings is 2. The molecule has 0 radical (unpaired) electrons. The van der Waals surface area contributed by atoms with E-state index in [9.17, 15) is 9.59 Å². The van der Waals surface area contributed by atoms with Crippen LogP contribution in [0.4, 0.5) is 0 Å². The van der Waals surface area contributed by atoms with Gasteiger partial charge in [-0.3, -0.25) is 4.79 Å². The third-order valence-corrected chi connectivity index (χ3v) is 5.19. The largest absolute Gasteiger partial charge is 0.497 e. The number of rotatable bonds is 4. The van der Waals surface area contributed by atoms with Gasteiger partial charge < -0.3 is 18.8 Å². The van der Waals surface area contributed by atoms with Crippen molar-refractivity contribution in [1.29, 1.82) is 0 Å². The molecule has 3 aromatic rings. The second kappa shape index (κ2) is 7.38. The smallest absolute Gasteiger partial charge is 0.349 e. The van der Waals surface area contributed by atoms with E-state index in [2.05, 4.69) is 0 Å². The molecule has 1 fully saturated rings. The second-order valence-corrected chi connectivity index (χ2v) is 6.75. The molecule has 0 bridgehead atoms. The van der Waals surface area contributed by atoms with Crippen LogP contribution in [0, 0.1) is 0 Å². The highest BCUT2D eigenvalue weighted by Crippen LogP contribution is 2.39. The van der Waals surface area contributed by atoms with Gasteiger partial charge in [0.2, 0.25) is 0 Å². The Morgan fingerprint density at radius 3 is 2.71 bits per heavy atom. The van der Waals surface area contributed by atoms with Crippen LogP contribution in [-0.2, 0) is 0 Å². The average molecular weight is 379 g/mol. The maximum Gasteiger partial charge on any atom is 0.349 e. The van der Waals surface area contributed by atoms with Gasteiger partial charge in [0, 0.05) is 23.6 Å². The summed E-state index contributed by atoms with van der Waals surface area (Å²) >= 11 is 0. The lowest BCUT2D eigenvalue weighted by Crippen LogP contribution is -2.33. The van der Waals surface area contributed by atoms with Crippen LogP contribution in [0.3, 0.4) is 0 Å². The Labute approximate surface area is 162 Å². The van der Waals surface area contributed by atoms with E-state index in [0.29, 0.717) is 23.6 Å². The zero-order valence-corrected chi connectivity index (χ0v) is 15.8. The van der Waals surface area contributed by atoms with E-state index >= 15 is 0 Å². The Bertz CT molecular complexity index is 1090. The van der Waals surface area contributed by atoms with Gasteiger partial charge in [-0.15, -0.1) is 0 Å². The van der Waals surface area contributed by atoms with E-state index in [1.165, 1.54) is 0 Å². The van der Waals surface area contributed by atoms with Gasteiger partial charge in [-0.2, -0.15) is 0 Å². The summed E-state index contributed by atoms with van der Waals surface area (Å²) in [6.07, 6.45) is 1.65. The van der Waals surface area contributed by atoms with Crippen LogP contribution in [0.5, 0.6) is 11.5 Å². The van der Waals surface area contributed by atoms with Gasteiger partial charge in [0.05, 0.1) is 20.3 Å². The molecule has 2 aromatic carbocycles. The molecule has 1 aliphatic heterocycles. The van der Waals surface area contributed by atoms with Crippen LogP contribution in [0.1, 0.15) is 34.8 Å². The Kier molecular flexibility index (Phi) is 4.77. The minimum Gasteiger partial charge on any atom is -0.497 e. The molecule has 28 heavy (non-hydrogen) atoms. The predicted octanol–water partition coefficient (Wildman–Crippen LogP) is 3.79. The lowest BCUT2D eigenvalue weighted by atomic mass is 10.0. The molecule has 1 aliphatic rings. The number of hydrogen-bond donors (Lipinski definition) is 0. The molecule has 1 amide bonds. The Hall–Kier alpha value is -3.28. The van der Waals surface area contributed by atoms with Gasteiger partial charge in [-0.25, -0.2) is 4.79 Å². The second-order valence-electron chi connectivity index (χ2n) is 6.75. The maximum absolute atomic E-state index is 13.2. The summed E-state index contributed by atoms with van der Waals surface area (Å²) in [5.74, 6) is 1.03. The van der Waals surface area contributed by atoms with Gasteiger partial charge in [-0.05, 0) is 37.1 Å². The van der Waals surface area contributed by atoms with E-state index in [-0.39, 0.29) is 17.5 Å². The van der Waals surface area contributed by atoms with Crippen molar-refractivity contribution in [3.63, 3.8) is 0 Å². The Morgan fingerprint density at radius 1 is 1.11 bits per heavy atom. The summed E-state index contributed by atoms with van der Waals surface area (Å²) in [5, 5.41) is 0.725. The molecule has 0 aliphatic carbocycles. The quantitative estimate of drug-likeness (QED) is 0.645. The molecular formula is C22H21NO5. The fraction of sp³-hybridized carbons (Fsp3) is 0.273. The summed E-state index contributed by atoms with van der Waals surface area (Å²) in [4.78, 5) is 27.4. The normalized spacial score (nSPS) is 16.4. The molecule has 1 saturated heterocycles. The first kappa shape index (κ1) is 18.1. The van der Waals surface area contributed by atoms with Gasteiger partial charge in [-0.1, -0.05) is 18.2 Å². The number of carbonyl (C=O) groups excluding carboxylic acids is 1. The Balaban J connectivity index is 1.72. The van der Waals surface area contributed by atoms with Crippen molar-refractivity contribution in [2.24, 2.45) is 0 Å². The molecule has 2 heterocycles. The minimum absolute atomic E-state index is 0.0538. The Morgan fingerprint density at radius 2 is 1.93 bits per heavy atom. The van der Waals surface area contributed by atoms with Gasteiger partial charge in [0.1, 0.15) is 22.6 Å². The molecule has 1 atom stereocenters. The first-order chi connectivity index (χ1) is 13.6. The lowest BCUT2D eigenvalue weighted by Gasteiger charge is -2.26. The van der Waals surface area contributed by atoms with Gasteiger partial charge >= 0.3 is 5.63 Å². The third kappa shape index (κ3) is 3.11. The van der Waals surface area contributed by atoms with E-state index < -0.39 is 5.63 Å². The third-order valence-electron chi connectivity index (χ3n) is 5.19. The van der Waals surface area contributed by atoms with Crippen molar-refractivity contribution in [3.8, 4) is 11.5 Å². The van der Waals surface area contributed by atoms with Crippen molar-refractivity contribution >= 4 is 16.9 Å². The van der Waals surface area contributed by atoms with E-state index in [0.717, 1.165) is 23.8 Å². The summed E-state index contributed by atoms with van der Waals surface area (Å²) in [6, 6.07) is 14.2. The van der Waals surface area contributed by atoms with Crippen molar-refractivity contribution in [3.05, 3.63) is 70.1 Å². The number of methoxy groups -OCH3 is 2. The van der Waals surface area contributed by atoms with Crippen molar-refractivity contribution in [2.45, 2.75) is 18.9 Å². The first-order valence-electron chi connectivity index (χ1n) is 9.18. The monoisotopic (exact) mass is 379 g/mol. The number of amides is 1. The summed E-state index contributed by atoms with van der Waals surface area (Å²) in [6.45, 7) is 0.574. The van der Waals surface area contributed by atoms with Crippen LogP contribution in [0.2, 0.25) is 0 Å². The zero-order valence-electron chi connectivity index (χ0n) is 15.8. The van der Waals surface area contributed by atoms with Crippen molar-refractivity contribution in [1.82, 2.24) is 4.90 Å². The SMILES string of the molecule is COc1ccc(C2CCCN2C(=O)c2cc3ccccc3oc2=O)c(OC)c1. The lowest BCUT2D eigenvalue weighted by molar-refractivity contribution is 0.0730. The van der Waals surface area contributed by atoms with E-state index in [1.807, 2.05) is 24.3 Å². The molecule has 1 unspecified atom stereocenters. The number of carbonyl (C=O) groups is 1. The number of hydrogen-bond acceptors (Lipinski definition) is 5. The highest BCUT2D eigenvalue weighted by Gasteiger charge is 2.34. The highest BCUT2D eigenvalue weighted by molar-refractivity contribution is 5.97. The zero-order chi connectivity index (χ0) is 19.7. The fourth-order valence-electron chi connectivity index (χ4n) is 3.79. The first-order valence-corrected chi connectivity index (χ1v) is 9.18. The van der Waals surface area contributed by atoms with E-state index in [1.54, 1.807) is 43.4 Å². The van der Waals surface area contributed by atoms with Crippen LogP contribution >= 0.6 is 0 Å². The van der Waals surface area contributed by atoms with Crippen LogP contribution in [0.25, 0.3) is 11.0 Å². The number of ether oxygens (including phenoxy) is 2. The molecule has 1 aromatic heterocycles. The average Bonchev–Trinajstić information content (AvgIpc) is 3.21. The number of para-hydroxylation sites is 1. The molecule has 0 N–H and O–H groups in total. The van der Waals surface area contributed by atoms with Gasteiger partial charge in [0.25, 0.3) is 5.91 Å². The number of nitrogens with zero attached hydrogens (tertiary/aromatic N) is 1. The highest BCUT2D eigenvalue weighted by atomic mass is 16.5. The number of likely N-dealkylation sites (tertiary alicyclic amines) is 1. The van der Waals surface area contributed by atoms with Crippen LogP contribution in [0.15, 0.2) is 57.7 Å². The number of fused-ring (bicyclic) bond motifs is 1. The van der Waals surface area contributed by atoms with Crippen molar-refractivity contribution < 1.29 is 18.7 Å². The van der Waals surface area contributed by atoms with E-state index in [4.69, 9.17) is 13.9 Å². The molecular weight excluding hydrogens is 358 g/mol. The molecule has 0 saturated carbocycles. The predicted molar refractivity (Wildman–Crippen MR) is 105 cm³/mol.